The zero-order valence-corrected chi connectivity index (χ0v) is 8.28. The van der Waals surface area contributed by atoms with E-state index in [0.29, 0.717) is 11.5 Å². The number of hydrazine groups is 1. The molecule has 0 aromatic heterocycles. The topological polar surface area (TPSA) is 36.1 Å². The first-order chi connectivity index (χ1) is 5.02. The SMILES string of the molecule is CNNC[C@H](NC)C(C)(C)C. The van der Waals surface area contributed by atoms with E-state index in [1.807, 2.05) is 14.1 Å². The third kappa shape index (κ3) is 4.35. The molecule has 0 aliphatic heterocycles. The molecule has 0 heterocycles. The molecule has 0 aliphatic rings. The van der Waals surface area contributed by atoms with Crippen molar-refractivity contribution in [2.24, 2.45) is 5.41 Å². The quantitative estimate of drug-likeness (QED) is 0.518. The van der Waals surface area contributed by atoms with Crippen LogP contribution in [0.1, 0.15) is 20.8 Å². The van der Waals surface area contributed by atoms with Crippen molar-refractivity contribution < 1.29 is 0 Å². The predicted octanol–water partition coefficient (Wildman–Crippen LogP) is 0.345. The molecule has 0 radical (unpaired) electrons. The Bertz CT molecular complexity index is 96.0. The molecule has 0 saturated heterocycles. The van der Waals surface area contributed by atoms with E-state index in [9.17, 15) is 0 Å². The fourth-order valence-electron chi connectivity index (χ4n) is 1.05. The Labute approximate surface area is 69.9 Å². The van der Waals surface area contributed by atoms with Crippen molar-refractivity contribution in [3.8, 4) is 0 Å². The second-order valence-electron chi connectivity index (χ2n) is 3.84. The van der Waals surface area contributed by atoms with Crippen LogP contribution < -0.4 is 16.2 Å². The summed E-state index contributed by atoms with van der Waals surface area (Å²) in [5.74, 6) is 0. The normalized spacial score (nSPS) is 15.0. The van der Waals surface area contributed by atoms with Gasteiger partial charge in [0, 0.05) is 12.6 Å². The molecule has 3 nitrogen and oxygen atoms in total. The van der Waals surface area contributed by atoms with Crippen LogP contribution in [-0.4, -0.2) is 26.7 Å². The Balaban J connectivity index is 3.76. The maximum Gasteiger partial charge on any atom is 0.0259 e. The second kappa shape index (κ2) is 4.70. The standard InChI is InChI=1S/C8H21N3/c1-8(2,3)7(9-4)6-11-10-5/h7,9-11H,6H2,1-5H3/t7-/m0/s1. The highest BCUT2D eigenvalue weighted by Crippen LogP contribution is 2.17. The largest absolute Gasteiger partial charge is 0.315 e. The van der Waals surface area contributed by atoms with Gasteiger partial charge in [0.2, 0.25) is 0 Å². The van der Waals surface area contributed by atoms with Crippen LogP contribution >= 0.6 is 0 Å². The van der Waals surface area contributed by atoms with Gasteiger partial charge < -0.3 is 5.32 Å². The van der Waals surface area contributed by atoms with E-state index in [0.717, 1.165) is 6.54 Å². The van der Waals surface area contributed by atoms with E-state index in [-0.39, 0.29) is 0 Å². The molecule has 0 rings (SSSR count). The first-order valence-electron chi connectivity index (χ1n) is 4.09. The van der Waals surface area contributed by atoms with Gasteiger partial charge in [-0.2, -0.15) is 0 Å². The summed E-state index contributed by atoms with van der Waals surface area (Å²) >= 11 is 0. The molecule has 1 atom stereocenters. The zero-order valence-electron chi connectivity index (χ0n) is 8.28. The molecular weight excluding hydrogens is 138 g/mol. The number of hydrogen-bond acceptors (Lipinski definition) is 3. The molecule has 0 aliphatic carbocycles. The molecule has 0 spiro atoms. The lowest BCUT2D eigenvalue weighted by Gasteiger charge is -2.30. The van der Waals surface area contributed by atoms with Crippen LogP contribution in [0, 0.1) is 5.41 Å². The third-order valence-electron chi connectivity index (χ3n) is 1.88. The highest BCUT2D eigenvalue weighted by molar-refractivity contribution is 4.80. The summed E-state index contributed by atoms with van der Waals surface area (Å²) in [7, 11) is 3.88. The van der Waals surface area contributed by atoms with Crippen molar-refractivity contribution in [3.05, 3.63) is 0 Å². The molecule has 0 unspecified atom stereocenters. The Morgan fingerprint density at radius 3 is 2.00 bits per heavy atom. The fourth-order valence-corrected chi connectivity index (χ4v) is 1.05. The summed E-state index contributed by atoms with van der Waals surface area (Å²) in [6.07, 6.45) is 0. The van der Waals surface area contributed by atoms with Crippen molar-refractivity contribution in [1.82, 2.24) is 16.2 Å². The van der Waals surface area contributed by atoms with Crippen LogP contribution in [0.2, 0.25) is 0 Å². The first-order valence-corrected chi connectivity index (χ1v) is 4.09. The van der Waals surface area contributed by atoms with Crippen molar-refractivity contribution in [2.75, 3.05) is 20.6 Å². The van der Waals surface area contributed by atoms with Gasteiger partial charge in [-0.1, -0.05) is 20.8 Å². The molecule has 68 valence electrons. The van der Waals surface area contributed by atoms with Gasteiger partial charge in [0.05, 0.1) is 0 Å². The summed E-state index contributed by atoms with van der Waals surface area (Å²) in [5, 5.41) is 3.27. The molecule has 0 aromatic carbocycles. The third-order valence-corrected chi connectivity index (χ3v) is 1.88. The smallest absolute Gasteiger partial charge is 0.0259 e. The molecule has 3 N–H and O–H groups in total. The minimum Gasteiger partial charge on any atom is -0.315 e. The highest BCUT2D eigenvalue weighted by atomic mass is 15.3. The van der Waals surface area contributed by atoms with Crippen molar-refractivity contribution in [3.63, 3.8) is 0 Å². The summed E-state index contributed by atoms with van der Waals surface area (Å²) in [6.45, 7) is 7.62. The summed E-state index contributed by atoms with van der Waals surface area (Å²) in [6, 6.07) is 0.495. The molecular formula is C8H21N3. The number of rotatable bonds is 4. The molecule has 0 aromatic rings. The first kappa shape index (κ1) is 10.9. The maximum absolute atomic E-state index is 3.27. The van der Waals surface area contributed by atoms with Crippen molar-refractivity contribution in [2.45, 2.75) is 26.8 Å². The van der Waals surface area contributed by atoms with E-state index >= 15 is 0 Å². The Morgan fingerprint density at radius 2 is 1.73 bits per heavy atom. The molecule has 3 heteroatoms. The van der Waals surface area contributed by atoms with Crippen LogP contribution in [0.15, 0.2) is 0 Å². The van der Waals surface area contributed by atoms with Gasteiger partial charge in [0.15, 0.2) is 0 Å². The van der Waals surface area contributed by atoms with Crippen LogP contribution in [0.4, 0.5) is 0 Å². The van der Waals surface area contributed by atoms with Gasteiger partial charge >= 0.3 is 0 Å². The maximum atomic E-state index is 3.27. The van der Waals surface area contributed by atoms with Gasteiger partial charge in [0.1, 0.15) is 0 Å². The van der Waals surface area contributed by atoms with E-state index in [4.69, 9.17) is 0 Å². The van der Waals surface area contributed by atoms with E-state index in [1.54, 1.807) is 0 Å². The average molecular weight is 159 g/mol. The Hall–Kier alpha value is -0.120. The van der Waals surface area contributed by atoms with E-state index in [2.05, 4.69) is 36.9 Å². The molecule has 0 fully saturated rings. The summed E-state index contributed by atoms with van der Waals surface area (Å²) in [4.78, 5) is 0. The van der Waals surface area contributed by atoms with Gasteiger partial charge in [-0.15, -0.1) is 0 Å². The Morgan fingerprint density at radius 1 is 1.18 bits per heavy atom. The zero-order chi connectivity index (χ0) is 8.91. The van der Waals surface area contributed by atoms with Crippen LogP contribution in [0.5, 0.6) is 0 Å². The number of nitrogens with one attached hydrogen (secondary N) is 3. The minimum atomic E-state index is 0.304. The monoisotopic (exact) mass is 159 g/mol. The minimum absolute atomic E-state index is 0.304. The fraction of sp³-hybridized carbons (Fsp3) is 1.00. The van der Waals surface area contributed by atoms with E-state index in [1.165, 1.54) is 0 Å². The molecule has 0 amide bonds. The number of likely N-dealkylation sites (N-methyl/N-ethyl adjacent to an activating group) is 1. The highest BCUT2D eigenvalue weighted by Gasteiger charge is 2.21. The predicted molar refractivity (Wildman–Crippen MR) is 49.4 cm³/mol. The summed E-state index contributed by atoms with van der Waals surface area (Å²) < 4.78 is 0. The lowest BCUT2D eigenvalue weighted by atomic mass is 9.87. The molecule has 0 bridgehead atoms. The van der Waals surface area contributed by atoms with Crippen LogP contribution in [0.3, 0.4) is 0 Å². The van der Waals surface area contributed by atoms with Gasteiger partial charge in [-0.3, -0.25) is 10.9 Å². The average Bonchev–Trinajstić information content (AvgIpc) is 1.87. The van der Waals surface area contributed by atoms with Gasteiger partial charge in [-0.25, -0.2) is 0 Å². The van der Waals surface area contributed by atoms with Crippen molar-refractivity contribution in [1.29, 1.82) is 0 Å². The number of hydrogen-bond donors (Lipinski definition) is 3. The lowest BCUT2D eigenvalue weighted by molar-refractivity contribution is 0.266. The van der Waals surface area contributed by atoms with Crippen LogP contribution in [0.25, 0.3) is 0 Å². The van der Waals surface area contributed by atoms with Gasteiger partial charge in [-0.05, 0) is 19.5 Å². The Kier molecular flexibility index (Phi) is 4.65. The van der Waals surface area contributed by atoms with Crippen molar-refractivity contribution >= 4 is 0 Å². The van der Waals surface area contributed by atoms with Crippen LogP contribution in [-0.2, 0) is 0 Å². The van der Waals surface area contributed by atoms with E-state index < -0.39 is 0 Å². The summed E-state index contributed by atoms with van der Waals surface area (Å²) in [5.41, 5.74) is 6.31. The molecule has 11 heavy (non-hydrogen) atoms. The second-order valence-corrected chi connectivity index (χ2v) is 3.84. The molecule has 0 saturated carbocycles. The van der Waals surface area contributed by atoms with Gasteiger partial charge in [0.25, 0.3) is 0 Å². The lowest BCUT2D eigenvalue weighted by Crippen LogP contribution is -2.48.